The van der Waals surface area contributed by atoms with Crippen molar-refractivity contribution in [1.82, 2.24) is 20.1 Å². The Balaban J connectivity index is 2.03. The zero-order valence-corrected chi connectivity index (χ0v) is 22.3. The summed E-state index contributed by atoms with van der Waals surface area (Å²) < 4.78 is 5.40. The van der Waals surface area contributed by atoms with Gasteiger partial charge in [-0.1, -0.05) is 19.4 Å². The molecule has 0 bridgehead atoms. The van der Waals surface area contributed by atoms with Crippen molar-refractivity contribution in [2.24, 2.45) is 11.5 Å². The fourth-order valence-electron chi connectivity index (χ4n) is 3.86. The summed E-state index contributed by atoms with van der Waals surface area (Å²) in [4.78, 5) is 18.8. The Hall–Kier alpha value is -3.24. The van der Waals surface area contributed by atoms with Gasteiger partial charge in [0.15, 0.2) is 11.5 Å². The summed E-state index contributed by atoms with van der Waals surface area (Å²) in [6, 6.07) is 3.83. The lowest BCUT2D eigenvalue weighted by Crippen LogP contribution is -2.48. The van der Waals surface area contributed by atoms with Crippen LogP contribution in [-0.2, 0) is 4.74 Å². The molecule has 1 amide bonds. The Morgan fingerprint density at radius 2 is 2.06 bits per heavy atom. The van der Waals surface area contributed by atoms with Gasteiger partial charge in [-0.2, -0.15) is 4.98 Å². The number of primary amides is 1. The number of benzene rings is 1. The zero-order chi connectivity index (χ0) is 26.5. The minimum absolute atomic E-state index is 0.0339. The van der Waals surface area contributed by atoms with Crippen LogP contribution in [0.3, 0.4) is 0 Å². The van der Waals surface area contributed by atoms with Crippen LogP contribution in [0.4, 0.5) is 17.5 Å². The molecule has 2 heterocycles. The quantitative estimate of drug-likeness (QED) is 0.428. The standard InChI is InChI=1S/C26H40N8O2/c1-7-8-9-19-16(2)12-18(13-17(19)14-34(6)26(3,4)5)29-24-22(23(28)35)32-33-25(31-24)30-21-10-11-36-15-20(21)27/h9,12-14,20-21H,7-8,10-11,15,27H2,1-6H3,(H2,28,35)(H2,29,30,31,33)/b17-14-,19-9+/t20-,21+/m0/s1. The molecule has 2 atom stereocenters. The molecule has 0 spiro atoms. The first-order chi connectivity index (χ1) is 17.0. The molecule has 2 aromatic rings. The first-order valence-electron chi connectivity index (χ1n) is 12.5. The molecule has 1 aromatic carbocycles. The largest absolute Gasteiger partial charge is 0.380 e. The van der Waals surface area contributed by atoms with Crippen LogP contribution in [0, 0.1) is 6.92 Å². The van der Waals surface area contributed by atoms with Crippen LogP contribution in [0.2, 0.25) is 0 Å². The topological polar surface area (TPSA) is 144 Å². The number of rotatable bonds is 8. The van der Waals surface area contributed by atoms with Crippen molar-refractivity contribution in [3.63, 3.8) is 0 Å². The van der Waals surface area contributed by atoms with Gasteiger partial charge in [0.25, 0.3) is 5.91 Å². The molecular weight excluding hydrogens is 456 g/mol. The minimum atomic E-state index is -0.712. The summed E-state index contributed by atoms with van der Waals surface area (Å²) in [6.07, 6.45) is 7.18. The molecule has 1 aromatic heterocycles. The van der Waals surface area contributed by atoms with Crippen LogP contribution < -0.4 is 32.5 Å². The van der Waals surface area contributed by atoms with E-state index in [9.17, 15) is 4.79 Å². The Kier molecular flexibility index (Phi) is 8.86. The lowest BCUT2D eigenvalue weighted by molar-refractivity contribution is 0.0751. The van der Waals surface area contributed by atoms with E-state index in [1.54, 1.807) is 0 Å². The maximum Gasteiger partial charge on any atom is 0.273 e. The lowest BCUT2D eigenvalue weighted by atomic mass is 10.1. The minimum Gasteiger partial charge on any atom is -0.380 e. The maximum absolute atomic E-state index is 12.1. The van der Waals surface area contributed by atoms with Crippen molar-refractivity contribution in [3.05, 3.63) is 33.8 Å². The number of nitrogens with one attached hydrogen (secondary N) is 2. The Morgan fingerprint density at radius 3 is 2.69 bits per heavy atom. The number of nitrogens with two attached hydrogens (primary N) is 2. The summed E-state index contributed by atoms with van der Waals surface area (Å²) in [7, 11) is 2.07. The molecule has 0 aliphatic carbocycles. The molecule has 10 nitrogen and oxygen atoms in total. The first-order valence-corrected chi connectivity index (χ1v) is 12.5. The highest BCUT2D eigenvalue weighted by molar-refractivity contribution is 5.96. The van der Waals surface area contributed by atoms with Crippen molar-refractivity contribution >= 4 is 35.6 Å². The highest BCUT2D eigenvalue weighted by Crippen LogP contribution is 2.19. The highest BCUT2D eigenvalue weighted by atomic mass is 16.5. The number of anilines is 3. The number of hydrogen-bond acceptors (Lipinski definition) is 9. The number of unbranched alkanes of at least 4 members (excludes halogenated alkanes) is 1. The van der Waals surface area contributed by atoms with E-state index < -0.39 is 5.91 Å². The molecule has 3 rings (SSSR count). The van der Waals surface area contributed by atoms with Gasteiger partial charge in [-0.3, -0.25) is 4.79 Å². The Labute approximate surface area is 213 Å². The van der Waals surface area contributed by atoms with Crippen molar-refractivity contribution in [2.75, 3.05) is 30.9 Å². The maximum atomic E-state index is 12.1. The van der Waals surface area contributed by atoms with Crippen molar-refractivity contribution in [1.29, 1.82) is 0 Å². The number of amides is 1. The molecule has 0 radical (unpaired) electrons. The molecule has 1 saturated heterocycles. The second-order valence-electron chi connectivity index (χ2n) is 10.3. The summed E-state index contributed by atoms with van der Waals surface area (Å²) in [6.45, 7) is 11.8. The van der Waals surface area contributed by atoms with E-state index in [1.807, 2.05) is 12.1 Å². The molecule has 6 N–H and O–H groups in total. The normalized spacial score (nSPS) is 19.3. The number of carbonyl (C=O) groups excluding carboxylic acids is 1. The zero-order valence-electron chi connectivity index (χ0n) is 22.3. The Bertz CT molecular complexity index is 1190. The molecule has 1 aliphatic rings. The molecule has 0 saturated carbocycles. The summed E-state index contributed by atoms with van der Waals surface area (Å²) >= 11 is 0. The fraction of sp³-hybridized carbons (Fsp3) is 0.538. The lowest BCUT2D eigenvalue weighted by Gasteiger charge is -2.30. The monoisotopic (exact) mass is 496 g/mol. The average Bonchev–Trinajstić information content (AvgIpc) is 2.79. The van der Waals surface area contributed by atoms with E-state index in [2.05, 4.69) is 84.7 Å². The second kappa shape index (κ2) is 11.7. The van der Waals surface area contributed by atoms with Gasteiger partial charge >= 0.3 is 0 Å². The summed E-state index contributed by atoms with van der Waals surface area (Å²) in [5.74, 6) is -0.204. The number of carbonyl (C=O) groups is 1. The summed E-state index contributed by atoms with van der Waals surface area (Å²) in [5.41, 5.74) is 13.5. The number of aryl methyl sites for hydroxylation is 1. The molecule has 1 fully saturated rings. The summed E-state index contributed by atoms with van der Waals surface area (Å²) in [5, 5.41) is 16.8. The van der Waals surface area contributed by atoms with E-state index >= 15 is 0 Å². The van der Waals surface area contributed by atoms with Crippen LogP contribution in [-0.4, -0.2) is 63.9 Å². The van der Waals surface area contributed by atoms with E-state index in [-0.39, 0.29) is 35.1 Å². The number of nitrogens with zero attached hydrogens (tertiary/aromatic N) is 4. The molecule has 1 aliphatic heterocycles. The van der Waals surface area contributed by atoms with E-state index in [0.29, 0.717) is 13.2 Å². The number of ether oxygens (including phenoxy) is 1. The Morgan fingerprint density at radius 1 is 1.31 bits per heavy atom. The van der Waals surface area contributed by atoms with Crippen LogP contribution in [0.1, 0.15) is 63.0 Å². The van der Waals surface area contributed by atoms with Gasteiger partial charge in [-0.05, 0) is 68.7 Å². The van der Waals surface area contributed by atoms with Crippen LogP contribution in [0.25, 0.3) is 12.3 Å². The number of aromatic nitrogens is 3. The van der Waals surface area contributed by atoms with E-state index in [1.165, 1.54) is 5.22 Å². The average molecular weight is 497 g/mol. The van der Waals surface area contributed by atoms with Gasteiger partial charge in [0.1, 0.15) is 0 Å². The molecular formula is C26H40N8O2. The first kappa shape index (κ1) is 27.3. The fourth-order valence-corrected chi connectivity index (χ4v) is 3.86. The smallest absolute Gasteiger partial charge is 0.273 e. The number of hydrogen-bond donors (Lipinski definition) is 4. The van der Waals surface area contributed by atoms with Gasteiger partial charge in [0, 0.05) is 43.2 Å². The third-order valence-corrected chi connectivity index (χ3v) is 6.34. The van der Waals surface area contributed by atoms with Crippen molar-refractivity contribution in [3.8, 4) is 0 Å². The molecule has 0 unspecified atom stereocenters. The van der Waals surface area contributed by atoms with Gasteiger partial charge in [0.05, 0.1) is 6.61 Å². The molecule has 10 heteroatoms. The van der Waals surface area contributed by atoms with Crippen molar-refractivity contribution < 1.29 is 9.53 Å². The predicted molar refractivity (Wildman–Crippen MR) is 144 cm³/mol. The van der Waals surface area contributed by atoms with E-state index in [0.717, 1.165) is 35.7 Å². The molecule has 36 heavy (non-hydrogen) atoms. The van der Waals surface area contributed by atoms with Crippen LogP contribution in [0.5, 0.6) is 0 Å². The second-order valence-corrected chi connectivity index (χ2v) is 10.3. The SMILES string of the molecule is CCC/C=c1\c(C)cc(Nc2nc(N[C@@H]3CCOC[C@@H]3N)nnc2C(N)=O)c\c1=C\N(C)C(C)(C)C. The van der Waals surface area contributed by atoms with E-state index in [4.69, 9.17) is 16.2 Å². The highest BCUT2D eigenvalue weighted by Gasteiger charge is 2.24. The third kappa shape index (κ3) is 6.92. The van der Waals surface area contributed by atoms with Gasteiger partial charge in [0.2, 0.25) is 5.95 Å². The van der Waals surface area contributed by atoms with Crippen LogP contribution >= 0.6 is 0 Å². The van der Waals surface area contributed by atoms with Crippen molar-refractivity contribution in [2.45, 2.75) is 71.5 Å². The van der Waals surface area contributed by atoms with Crippen LogP contribution in [0.15, 0.2) is 12.1 Å². The third-order valence-electron chi connectivity index (χ3n) is 6.34. The van der Waals surface area contributed by atoms with Gasteiger partial charge < -0.3 is 31.7 Å². The van der Waals surface area contributed by atoms with Gasteiger partial charge in [-0.25, -0.2) is 0 Å². The predicted octanol–water partition coefficient (Wildman–Crippen LogP) is 1.60. The molecule has 196 valence electrons. The van der Waals surface area contributed by atoms with Gasteiger partial charge in [-0.15, -0.1) is 10.2 Å².